The molecule has 0 bridgehead atoms. The number of epoxide rings is 1. The highest BCUT2D eigenvalue weighted by Crippen LogP contribution is 2.66. The van der Waals surface area contributed by atoms with Crippen LogP contribution in [0.3, 0.4) is 0 Å². The summed E-state index contributed by atoms with van der Waals surface area (Å²) in [4.78, 5) is 12.2. The molecular formula is C18H20O3. The standard InChI is InChI=1S/C18H20O3/c1-11-8-14-13(12-6-4-3-5-7-12)10-16-18(14,21-16)15(9-11)17(19)20-2/h3-7,9,11,13-14,16H,8,10H2,1-2H3/t11-,13+,14+,16+,18+/m1/s1. The van der Waals surface area contributed by atoms with Crippen molar-refractivity contribution in [1.82, 2.24) is 0 Å². The van der Waals surface area contributed by atoms with Gasteiger partial charge in [0.2, 0.25) is 0 Å². The molecule has 4 rings (SSSR count). The van der Waals surface area contributed by atoms with Crippen molar-refractivity contribution in [3.63, 3.8) is 0 Å². The monoisotopic (exact) mass is 284 g/mol. The Morgan fingerprint density at radius 2 is 2.05 bits per heavy atom. The highest BCUT2D eigenvalue weighted by Gasteiger charge is 2.72. The van der Waals surface area contributed by atoms with Gasteiger partial charge in [0.1, 0.15) is 5.60 Å². The maximum Gasteiger partial charge on any atom is 0.336 e. The molecule has 3 nitrogen and oxygen atoms in total. The van der Waals surface area contributed by atoms with E-state index in [0.717, 1.165) is 18.4 Å². The molecule has 2 aliphatic carbocycles. The van der Waals surface area contributed by atoms with E-state index in [1.54, 1.807) is 0 Å². The predicted octanol–water partition coefficient (Wildman–Crippen LogP) is 3.07. The number of hydrogen-bond acceptors (Lipinski definition) is 3. The second-order valence-electron chi connectivity index (χ2n) is 6.54. The average molecular weight is 284 g/mol. The Morgan fingerprint density at radius 1 is 1.29 bits per heavy atom. The van der Waals surface area contributed by atoms with E-state index in [2.05, 4.69) is 43.3 Å². The first kappa shape index (κ1) is 13.1. The van der Waals surface area contributed by atoms with Gasteiger partial charge in [-0.3, -0.25) is 0 Å². The topological polar surface area (TPSA) is 38.8 Å². The van der Waals surface area contributed by atoms with Crippen molar-refractivity contribution in [3.8, 4) is 0 Å². The third kappa shape index (κ3) is 1.73. The van der Waals surface area contributed by atoms with Crippen LogP contribution in [0.5, 0.6) is 0 Å². The van der Waals surface area contributed by atoms with Crippen molar-refractivity contribution >= 4 is 5.97 Å². The summed E-state index contributed by atoms with van der Waals surface area (Å²) in [7, 11) is 1.45. The fourth-order valence-electron chi connectivity index (χ4n) is 4.51. The Balaban J connectivity index is 1.73. The van der Waals surface area contributed by atoms with Gasteiger partial charge >= 0.3 is 5.97 Å². The van der Waals surface area contributed by atoms with Crippen molar-refractivity contribution in [2.24, 2.45) is 11.8 Å². The summed E-state index contributed by atoms with van der Waals surface area (Å²) >= 11 is 0. The van der Waals surface area contributed by atoms with Crippen molar-refractivity contribution in [2.45, 2.75) is 37.4 Å². The van der Waals surface area contributed by atoms with Gasteiger partial charge in [-0.2, -0.15) is 0 Å². The minimum Gasteiger partial charge on any atom is -0.466 e. The molecule has 21 heavy (non-hydrogen) atoms. The molecule has 1 aliphatic heterocycles. The van der Waals surface area contributed by atoms with Crippen LogP contribution in [0.4, 0.5) is 0 Å². The third-order valence-corrected chi connectivity index (χ3v) is 5.39. The summed E-state index contributed by atoms with van der Waals surface area (Å²) in [6.07, 6.45) is 4.34. The van der Waals surface area contributed by atoms with Gasteiger partial charge in [-0.15, -0.1) is 0 Å². The van der Waals surface area contributed by atoms with Crippen LogP contribution in [0.25, 0.3) is 0 Å². The zero-order valence-electron chi connectivity index (χ0n) is 12.4. The number of esters is 1. The van der Waals surface area contributed by atoms with Gasteiger partial charge in [0, 0.05) is 5.92 Å². The number of methoxy groups -OCH3 is 1. The molecule has 3 heteroatoms. The van der Waals surface area contributed by atoms with E-state index in [1.165, 1.54) is 12.7 Å². The second kappa shape index (κ2) is 4.44. The molecule has 1 aromatic rings. The number of allylic oxidation sites excluding steroid dienone is 1. The van der Waals surface area contributed by atoms with E-state index in [9.17, 15) is 4.79 Å². The molecule has 0 aromatic heterocycles. The number of ether oxygens (including phenoxy) is 2. The van der Waals surface area contributed by atoms with E-state index in [-0.39, 0.29) is 17.7 Å². The third-order valence-electron chi connectivity index (χ3n) is 5.39. The highest BCUT2D eigenvalue weighted by atomic mass is 16.6. The molecule has 1 heterocycles. The van der Waals surface area contributed by atoms with Crippen LogP contribution in [-0.4, -0.2) is 24.8 Å². The molecule has 0 N–H and O–H groups in total. The van der Waals surface area contributed by atoms with Crippen LogP contribution in [0.15, 0.2) is 42.0 Å². The molecule has 0 unspecified atom stereocenters. The van der Waals surface area contributed by atoms with Gasteiger partial charge in [-0.25, -0.2) is 4.79 Å². The second-order valence-corrected chi connectivity index (χ2v) is 6.54. The van der Waals surface area contributed by atoms with Crippen LogP contribution in [0, 0.1) is 11.8 Å². The first-order chi connectivity index (χ1) is 10.2. The summed E-state index contributed by atoms with van der Waals surface area (Å²) in [6.45, 7) is 2.17. The quantitative estimate of drug-likeness (QED) is 0.619. The van der Waals surface area contributed by atoms with Crippen LogP contribution in [0.2, 0.25) is 0 Å². The largest absolute Gasteiger partial charge is 0.466 e. The fraction of sp³-hybridized carbons (Fsp3) is 0.500. The lowest BCUT2D eigenvalue weighted by Gasteiger charge is -2.34. The number of hydrogen-bond donors (Lipinski definition) is 0. The van der Waals surface area contributed by atoms with Gasteiger partial charge < -0.3 is 9.47 Å². The van der Waals surface area contributed by atoms with Crippen LogP contribution in [0.1, 0.15) is 31.2 Å². The Morgan fingerprint density at radius 3 is 2.76 bits per heavy atom. The number of rotatable bonds is 2. The number of carbonyl (C=O) groups excluding carboxylic acids is 1. The first-order valence-corrected chi connectivity index (χ1v) is 7.70. The zero-order chi connectivity index (χ0) is 14.6. The molecule has 2 fully saturated rings. The summed E-state index contributed by atoms with van der Waals surface area (Å²) in [5.74, 6) is 1.05. The minimum absolute atomic E-state index is 0.186. The van der Waals surface area contributed by atoms with Crippen molar-refractivity contribution < 1.29 is 14.3 Å². The Labute approximate surface area is 124 Å². The Bertz CT molecular complexity index is 606. The molecule has 0 amide bonds. The SMILES string of the molecule is COC(=O)C1=C[C@H](C)C[C@H]2[C@H](c3ccccc3)C[C@@H]3O[C@@]132. The van der Waals surface area contributed by atoms with Gasteiger partial charge in [-0.05, 0) is 30.2 Å². The maximum atomic E-state index is 12.2. The minimum atomic E-state index is -0.361. The highest BCUT2D eigenvalue weighted by molar-refractivity contribution is 5.92. The van der Waals surface area contributed by atoms with Crippen molar-refractivity contribution in [1.29, 1.82) is 0 Å². The lowest BCUT2D eigenvalue weighted by molar-refractivity contribution is -0.137. The predicted molar refractivity (Wildman–Crippen MR) is 78.8 cm³/mol. The average Bonchev–Trinajstić information content (AvgIpc) is 3.13. The zero-order valence-corrected chi connectivity index (χ0v) is 12.4. The van der Waals surface area contributed by atoms with E-state index >= 15 is 0 Å². The van der Waals surface area contributed by atoms with Gasteiger partial charge in [0.25, 0.3) is 0 Å². The van der Waals surface area contributed by atoms with E-state index in [0.29, 0.717) is 17.8 Å². The molecule has 3 aliphatic rings. The smallest absolute Gasteiger partial charge is 0.336 e. The van der Waals surface area contributed by atoms with E-state index in [4.69, 9.17) is 9.47 Å². The van der Waals surface area contributed by atoms with Gasteiger partial charge in [-0.1, -0.05) is 43.3 Å². The Kier molecular flexibility index (Phi) is 2.77. The lowest BCUT2D eigenvalue weighted by atomic mass is 9.71. The van der Waals surface area contributed by atoms with E-state index < -0.39 is 0 Å². The maximum absolute atomic E-state index is 12.2. The summed E-state index contributed by atoms with van der Waals surface area (Å²) in [5, 5.41) is 0. The van der Waals surface area contributed by atoms with Crippen LogP contribution in [-0.2, 0) is 14.3 Å². The summed E-state index contributed by atoms with van der Waals surface area (Å²) < 4.78 is 11.0. The molecule has 1 aromatic carbocycles. The molecule has 5 atom stereocenters. The first-order valence-electron chi connectivity index (χ1n) is 7.70. The number of carbonyl (C=O) groups is 1. The summed E-state index contributed by atoms with van der Waals surface area (Å²) in [5.41, 5.74) is 1.77. The van der Waals surface area contributed by atoms with Crippen molar-refractivity contribution in [3.05, 3.63) is 47.5 Å². The van der Waals surface area contributed by atoms with Crippen molar-refractivity contribution in [2.75, 3.05) is 7.11 Å². The van der Waals surface area contributed by atoms with E-state index in [1.807, 2.05) is 0 Å². The molecule has 0 radical (unpaired) electrons. The van der Waals surface area contributed by atoms with Crippen LogP contribution < -0.4 is 0 Å². The molecule has 1 saturated carbocycles. The van der Waals surface area contributed by atoms with Gasteiger partial charge in [0.05, 0.1) is 18.8 Å². The molecule has 1 spiro atoms. The molecule has 1 saturated heterocycles. The lowest BCUT2D eigenvalue weighted by Crippen LogP contribution is -2.36. The van der Waals surface area contributed by atoms with Gasteiger partial charge in [0.15, 0.2) is 0 Å². The molecule has 110 valence electrons. The fourth-order valence-corrected chi connectivity index (χ4v) is 4.51. The summed E-state index contributed by atoms with van der Waals surface area (Å²) in [6, 6.07) is 10.6. The van der Waals surface area contributed by atoms with Crippen LogP contribution >= 0.6 is 0 Å². The number of benzene rings is 1. The normalized spacial score (nSPS) is 40.0. The molecular weight excluding hydrogens is 264 g/mol. The Hall–Kier alpha value is -1.61.